The fourth-order valence-corrected chi connectivity index (χ4v) is 3.28. The first-order chi connectivity index (χ1) is 15.2. The molecule has 1 heterocycles. The normalized spacial score (nSPS) is 10.7. The quantitative estimate of drug-likeness (QED) is 0.526. The predicted octanol–water partition coefficient (Wildman–Crippen LogP) is 4.40. The third-order valence-corrected chi connectivity index (χ3v) is 4.84. The lowest BCUT2D eigenvalue weighted by molar-refractivity contribution is 0.146. The number of carbonyl (C=O) groups is 1. The largest absolute Gasteiger partial charge is 0.439 e. The van der Waals surface area contributed by atoms with Gasteiger partial charge in [-0.15, -0.1) is 0 Å². The minimum absolute atomic E-state index is 0.139. The van der Waals surface area contributed by atoms with Crippen molar-refractivity contribution in [1.82, 2.24) is 20.0 Å². The molecule has 1 N–H and O–H groups in total. The van der Waals surface area contributed by atoms with Crippen molar-refractivity contribution in [2.75, 3.05) is 26.8 Å². The number of aromatic nitrogens is 2. The van der Waals surface area contributed by atoms with Crippen LogP contribution in [0.2, 0.25) is 0 Å². The average Bonchev–Trinajstić information content (AvgIpc) is 3.15. The van der Waals surface area contributed by atoms with Gasteiger partial charge in [0.2, 0.25) is 5.88 Å². The summed E-state index contributed by atoms with van der Waals surface area (Å²) in [5.41, 5.74) is 2.68. The summed E-state index contributed by atoms with van der Waals surface area (Å²) in [6.07, 6.45) is 0.716. The highest BCUT2D eigenvalue weighted by atomic mass is 16.5. The maximum absolute atomic E-state index is 12.7. The van der Waals surface area contributed by atoms with E-state index in [2.05, 4.69) is 12.2 Å². The number of benzene rings is 2. The fourth-order valence-electron chi connectivity index (χ4n) is 3.28. The highest BCUT2D eigenvalue weighted by Crippen LogP contribution is 2.32. The molecule has 0 saturated heterocycles. The summed E-state index contributed by atoms with van der Waals surface area (Å²) in [6, 6.07) is 19.4. The van der Waals surface area contributed by atoms with Crippen LogP contribution in [0.15, 0.2) is 60.7 Å². The Morgan fingerprint density at radius 1 is 1.06 bits per heavy atom. The first-order valence-electron chi connectivity index (χ1n) is 10.6. The van der Waals surface area contributed by atoms with Crippen LogP contribution in [-0.4, -0.2) is 47.5 Å². The van der Waals surface area contributed by atoms with Crippen molar-refractivity contribution in [1.29, 1.82) is 0 Å². The van der Waals surface area contributed by atoms with Crippen molar-refractivity contribution >= 4 is 6.03 Å². The minimum Gasteiger partial charge on any atom is -0.439 e. The van der Waals surface area contributed by atoms with E-state index < -0.39 is 0 Å². The maximum Gasteiger partial charge on any atom is 0.317 e. The molecule has 3 rings (SSSR count). The van der Waals surface area contributed by atoms with E-state index in [1.807, 2.05) is 72.3 Å². The van der Waals surface area contributed by atoms with E-state index in [4.69, 9.17) is 14.6 Å². The van der Waals surface area contributed by atoms with Crippen LogP contribution in [0.3, 0.4) is 0 Å². The summed E-state index contributed by atoms with van der Waals surface area (Å²) < 4.78 is 13.4. The van der Waals surface area contributed by atoms with Gasteiger partial charge < -0.3 is 19.7 Å². The number of nitrogens with one attached hydrogen (secondary N) is 1. The number of carbonyl (C=O) groups excluding carboxylic acids is 1. The van der Waals surface area contributed by atoms with E-state index in [0.29, 0.717) is 44.3 Å². The lowest BCUT2D eigenvalue weighted by Crippen LogP contribution is -2.41. The molecule has 1 aromatic heterocycles. The van der Waals surface area contributed by atoms with E-state index in [0.717, 1.165) is 16.9 Å². The fraction of sp³-hybridized carbons (Fsp3) is 0.333. The lowest BCUT2D eigenvalue weighted by atomic mass is 10.2. The summed E-state index contributed by atoms with van der Waals surface area (Å²) in [7, 11) is 1.63. The van der Waals surface area contributed by atoms with E-state index in [1.54, 1.807) is 12.0 Å². The Hall–Kier alpha value is -3.32. The number of aryl methyl sites for hydroxylation is 1. The standard InChI is InChI=1S/C24H30N4O3/c1-4-22-21(18-27(16-17-30-3)24(29)25-5-2)23(31-20-14-10-7-11-15-20)28(26-22)19-12-8-6-9-13-19/h6-15H,4-5,16-18H2,1-3H3,(H,25,29). The SMILES string of the molecule is CCNC(=O)N(CCOC)Cc1c(CC)nn(-c2ccccc2)c1Oc1ccccc1. The van der Waals surface area contributed by atoms with Crippen molar-refractivity contribution in [3.05, 3.63) is 71.9 Å². The summed E-state index contributed by atoms with van der Waals surface area (Å²) in [5, 5.41) is 7.72. The third-order valence-electron chi connectivity index (χ3n) is 4.84. The molecule has 0 aliphatic rings. The molecule has 0 atom stereocenters. The molecule has 2 amide bonds. The van der Waals surface area contributed by atoms with Gasteiger partial charge in [-0.1, -0.05) is 43.3 Å². The first-order valence-corrected chi connectivity index (χ1v) is 10.6. The second-order valence-electron chi connectivity index (χ2n) is 7.00. The van der Waals surface area contributed by atoms with E-state index in [9.17, 15) is 4.79 Å². The maximum atomic E-state index is 12.7. The molecular formula is C24H30N4O3. The zero-order valence-corrected chi connectivity index (χ0v) is 18.4. The molecule has 0 aliphatic heterocycles. The molecule has 0 aliphatic carbocycles. The van der Waals surface area contributed by atoms with Crippen LogP contribution in [0.4, 0.5) is 4.79 Å². The molecule has 0 fully saturated rings. The predicted molar refractivity (Wildman–Crippen MR) is 121 cm³/mol. The highest BCUT2D eigenvalue weighted by Gasteiger charge is 2.24. The Morgan fingerprint density at radius 3 is 2.35 bits per heavy atom. The van der Waals surface area contributed by atoms with Crippen molar-refractivity contribution in [3.8, 4) is 17.3 Å². The molecule has 0 spiro atoms. The Kier molecular flexibility index (Phi) is 8.06. The smallest absolute Gasteiger partial charge is 0.317 e. The third kappa shape index (κ3) is 5.64. The Bertz CT molecular complexity index is 958. The average molecular weight is 423 g/mol. The van der Waals surface area contributed by atoms with Gasteiger partial charge in [0.15, 0.2) is 0 Å². The highest BCUT2D eigenvalue weighted by molar-refractivity contribution is 5.74. The number of hydrogen-bond donors (Lipinski definition) is 1. The second kappa shape index (κ2) is 11.2. The zero-order valence-electron chi connectivity index (χ0n) is 18.4. The molecule has 0 unspecified atom stereocenters. The second-order valence-corrected chi connectivity index (χ2v) is 7.00. The summed E-state index contributed by atoms with van der Waals surface area (Å²) in [5.74, 6) is 1.32. The number of ether oxygens (including phenoxy) is 2. The van der Waals surface area contributed by atoms with Crippen LogP contribution < -0.4 is 10.1 Å². The van der Waals surface area contributed by atoms with Crippen LogP contribution in [0.25, 0.3) is 5.69 Å². The number of amides is 2. The van der Waals surface area contributed by atoms with Gasteiger partial charge in [0.05, 0.1) is 30.1 Å². The number of nitrogens with zero attached hydrogens (tertiary/aromatic N) is 3. The van der Waals surface area contributed by atoms with Gasteiger partial charge in [0.1, 0.15) is 5.75 Å². The van der Waals surface area contributed by atoms with Crippen molar-refractivity contribution in [2.24, 2.45) is 0 Å². The van der Waals surface area contributed by atoms with Gasteiger partial charge in [-0.3, -0.25) is 0 Å². The topological polar surface area (TPSA) is 68.6 Å². The van der Waals surface area contributed by atoms with Crippen LogP contribution in [0, 0.1) is 0 Å². The van der Waals surface area contributed by atoms with Crippen molar-refractivity contribution < 1.29 is 14.3 Å². The van der Waals surface area contributed by atoms with Crippen LogP contribution in [-0.2, 0) is 17.7 Å². The summed E-state index contributed by atoms with van der Waals surface area (Å²) in [6.45, 7) is 5.79. The monoisotopic (exact) mass is 422 g/mol. The molecule has 2 aromatic carbocycles. The van der Waals surface area contributed by atoms with Crippen molar-refractivity contribution in [2.45, 2.75) is 26.8 Å². The molecule has 7 heteroatoms. The van der Waals surface area contributed by atoms with Crippen LogP contribution in [0.1, 0.15) is 25.1 Å². The van der Waals surface area contributed by atoms with Gasteiger partial charge in [0.25, 0.3) is 0 Å². The van der Waals surface area contributed by atoms with Crippen molar-refractivity contribution in [3.63, 3.8) is 0 Å². The zero-order chi connectivity index (χ0) is 22.1. The Balaban J connectivity index is 2.06. The minimum atomic E-state index is -0.139. The number of rotatable bonds is 10. The molecule has 0 saturated carbocycles. The number of hydrogen-bond acceptors (Lipinski definition) is 4. The number of urea groups is 1. The van der Waals surface area contributed by atoms with E-state index in [1.165, 1.54) is 0 Å². The molecule has 0 bridgehead atoms. The molecule has 31 heavy (non-hydrogen) atoms. The van der Waals surface area contributed by atoms with Gasteiger partial charge >= 0.3 is 6.03 Å². The Labute approximate surface area is 183 Å². The summed E-state index contributed by atoms with van der Waals surface area (Å²) in [4.78, 5) is 14.4. The first kappa shape index (κ1) is 22.4. The van der Waals surface area contributed by atoms with Crippen LogP contribution >= 0.6 is 0 Å². The molecule has 164 valence electrons. The lowest BCUT2D eigenvalue weighted by Gasteiger charge is -2.23. The molecule has 3 aromatic rings. The molecule has 7 nitrogen and oxygen atoms in total. The van der Waals surface area contributed by atoms with Gasteiger partial charge in [-0.2, -0.15) is 5.10 Å². The number of methoxy groups -OCH3 is 1. The van der Waals surface area contributed by atoms with Gasteiger partial charge in [0, 0.05) is 20.2 Å². The van der Waals surface area contributed by atoms with E-state index in [-0.39, 0.29) is 6.03 Å². The van der Waals surface area contributed by atoms with Gasteiger partial charge in [-0.05, 0) is 37.6 Å². The number of para-hydroxylation sites is 2. The van der Waals surface area contributed by atoms with Gasteiger partial charge in [-0.25, -0.2) is 9.48 Å². The van der Waals surface area contributed by atoms with Crippen LogP contribution in [0.5, 0.6) is 11.6 Å². The molecule has 0 radical (unpaired) electrons. The molecular weight excluding hydrogens is 392 g/mol. The summed E-state index contributed by atoms with van der Waals surface area (Å²) >= 11 is 0. The Morgan fingerprint density at radius 2 is 1.74 bits per heavy atom. The van der Waals surface area contributed by atoms with E-state index >= 15 is 0 Å².